The summed E-state index contributed by atoms with van der Waals surface area (Å²) >= 11 is 0.655. The van der Waals surface area contributed by atoms with Crippen molar-refractivity contribution < 1.29 is 31.5 Å². The minimum absolute atomic E-state index is 0.215. The Hall–Kier alpha value is -1.13. The molecule has 5 nitrogen and oxygen atoms in total. The number of thiophene rings is 1. The van der Waals surface area contributed by atoms with E-state index in [0.717, 1.165) is 18.5 Å². The molecule has 0 aliphatic rings. The van der Waals surface area contributed by atoms with Crippen LogP contribution in [0.1, 0.15) is 16.8 Å². The molecule has 10 heteroatoms. The molecule has 1 heterocycles. The summed E-state index contributed by atoms with van der Waals surface area (Å²) in [6.07, 6.45) is -5.72. The summed E-state index contributed by atoms with van der Waals surface area (Å²) in [5, 5.41) is 9.78. The fourth-order valence-corrected chi connectivity index (χ4v) is 3.66. The molecule has 1 aromatic rings. The summed E-state index contributed by atoms with van der Waals surface area (Å²) in [6, 6.07) is 0.923. The van der Waals surface area contributed by atoms with Crippen molar-refractivity contribution in [1.82, 2.24) is 4.31 Å². The van der Waals surface area contributed by atoms with Crippen molar-refractivity contribution in [3.63, 3.8) is 0 Å². The second kappa shape index (κ2) is 5.47. The summed E-state index contributed by atoms with van der Waals surface area (Å²) < 4.78 is 60.0. The predicted molar refractivity (Wildman–Crippen MR) is 61.8 cm³/mol. The van der Waals surface area contributed by atoms with Gasteiger partial charge in [0.05, 0.1) is 12.0 Å². The van der Waals surface area contributed by atoms with Crippen molar-refractivity contribution in [2.45, 2.75) is 16.8 Å². The van der Waals surface area contributed by atoms with Crippen LogP contribution in [0.2, 0.25) is 0 Å². The van der Waals surface area contributed by atoms with Gasteiger partial charge in [0.25, 0.3) is 10.0 Å². The molecule has 0 aliphatic heterocycles. The highest BCUT2D eigenvalue weighted by molar-refractivity contribution is 7.91. The maximum Gasteiger partial charge on any atom is 0.390 e. The molecule has 19 heavy (non-hydrogen) atoms. The second-order valence-corrected chi connectivity index (χ2v) is 6.83. The van der Waals surface area contributed by atoms with Crippen LogP contribution in [-0.4, -0.2) is 43.6 Å². The first-order valence-corrected chi connectivity index (χ1v) is 7.21. The molecule has 0 aliphatic carbocycles. The van der Waals surface area contributed by atoms with Gasteiger partial charge in [-0.2, -0.15) is 17.5 Å². The molecule has 0 unspecified atom stereocenters. The van der Waals surface area contributed by atoms with Gasteiger partial charge in [0.1, 0.15) is 4.21 Å². The number of aromatic carboxylic acids is 1. The van der Waals surface area contributed by atoms with Crippen molar-refractivity contribution >= 4 is 27.3 Å². The zero-order valence-electron chi connectivity index (χ0n) is 9.64. The molecule has 0 radical (unpaired) electrons. The lowest BCUT2D eigenvalue weighted by Crippen LogP contribution is -2.30. The maximum absolute atomic E-state index is 12.0. The topological polar surface area (TPSA) is 74.7 Å². The SMILES string of the molecule is CN(CCC(F)(F)F)S(=O)(=O)c1cc(C(=O)O)cs1. The van der Waals surface area contributed by atoms with E-state index in [4.69, 9.17) is 5.11 Å². The molecular formula is C9H10F3NO4S2. The Bertz CT molecular complexity index is 564. The Balaban J connectivity index is 2.87. The largest absolute Gasteiger partial charge is 0.478 e. The number of rotatable bonds is 5. The van der Waals surface area contributed by atoms with Gasteiger partial charge in [0, 0.05) is 19.0 Å². The third kappa shape index (κ3) is 4.18. The van der Waals surface area contributed by atoms with Crippen molar-refractivity contribution in [2.75, 3.05) is 13.6 Å². The van der Waals surface area contributed by atoms with Crippen LogP contribution in [0.5, 0.6) is 0 Å². The summed E-state index contributed by atoms with van der Waals surface area (Å²) in [5.41, 5.74) is -0.215. The summed E-state index contributed by atoms with van der Waals surface area (Å²) in [6.45, 7) is -0.716. The third-order valence-corrected chi connectivity index (χ3v) is 5.47. The molecule has 1 rings (SSSR count). The predicted octanol–water partition coefficient (Wildman–Crippen LogP) is 2.02. The van der Waals surface area contributed by atoms with Crippen LogP contribution < -0.4 is 0 Å². The lowest BCUT2D eigenvalue weighted by atomic mass is 10.4. The van der Waals surface area contributed by atoms with E-state index in [9.17, 15) is 26.4 Å². The molecule has 0 fully saturated rings. The Kier molecular flexibility index (Phi) is 4.59. The molecular weight excluding hydrogens is 307 g/mol. The Labute approximate surface area is 111 Å². The lowest BCUT2D eigenvalue weighted by Gasteiger charge is -2.16. The van der Waals surface area contributed by atoms with Crippen LogP contribution in [-0.2, 0) is 10.0 Å². The zero-order chi connectivity index (χ0) is 14.8. The van der Waals surface area contributed by atoms with Gasteiger partial charge in [-0.05, 0) is 6.07 Å². The van der Waals surface area contributed by atoms with Crippen molar-refractivity contribution in [3.8, 4) is 0 Å². The number of nitrogens with zero attached hydrogens (tertiary/aromatic N) is 1. The van der Waals surface area contributed by atoms with E-state index in [1.54, 1.807) is 0 Å². The van der Waals surface area contributed by atoms with Crippen molar-refractivity contribution in [1.29, 1.82) is 0 Å². The fraction of sp³-hybridized carbons (Fsp3) is 0.444. The monoisotopic (exact) mass is 317 g/mol. The van der Waals surface area contributed by atoms with Gasteiger partial charge >= 0.3 is 12.1 Å². The highest BCUT2D eigenvalue weighted by Gasteiger charge is 2.31. The average Bonchev–Trinajstić information content (AvgIpc) is 2.74. The molecule has 0 amide bonds. The number of hydrogen-bond donors (Lipinski definition) is 1. The van der Waals surface area contributed by atoms with Crippen molar-refractivity contribution in [2.24, 2.45) is 0 Å². The molecule has 0 aromatic carbocycles. The van der Waals surface area contributed by atoms with Gasteiger partial charge in [-0.3, -0.25) is 0 Å². The van der Waals surface area contributed by atoms with E-state index < -0.39 is 35.1 Å². The lowest BCUT2D eigenvalue weighted by molar-refractivity contribution is -0.135. The number of alkyl halides is 3. The molecule has 1 N–H and O–H groups in total. The van der Waals surface area contributed by atoms with Gasteiger partial charge < -0.3 is 5.11 Å². The third-order valence-electron chi connectivity index (χ3n) is 2.20. The minimum atomic E-state index is -4.45. The number of sulfonamides is 1. The summed E-state index contributed by atoms with van der Waals surface area (Å²) in [4.78, 5) is 10.6. The van der Waals surface area contributed by atoms with Crippen LogP contribution in [0.3, 0.4) is 0 Å². The Morgan fingerprint density at radius 2 is 2.05 bits per heavy atom. The molecule has 0 spiro atoms. The van der Waals surface area contributed by atoms with E-state index >= 15 is 0 Å². The standard InChI is InChI=1S/C9H10F3NO4S2/c1-13(3-2-9(10,11)12)19(16,17)7-4-6(5-18-7)8(14)15/h4-5H,2-3H2,1H3,(H,14,15). The number of halogens is 3. The van der Waals surface area contributed by atoms with E-state index in [2.05, 4.69) is 0 Å². The molecule has 0 saturated carbocycles. The fourth-order valence-electron chi connectivity index (χ4n) is 1.12. The average molecular weight is 317 g/mol. The first kappa shape index (κ1) is 15.9. The van der Waals surface area contributed by atoms with Crippen LogP contribution in [0.4, 0.5) is 13.2 Å². The van der Waals surface area contributed by atoms with E-state index in [-0.39, 0.29) is 9.77 Å². The number of carboxylic acid groups (broad SMARTS) is 1. The van der Waals surface area contributed by atoms with Crippen LogP contribution in [0.15, 0.2) is 15.7 Å². The maximum atomic E-state index is 12.0. The smallest absolute Gasteiger partial charge is 0.390 e. The number of carbonyl (C=O) groups is 1. The second-order valence-electron chi connectivity index (χ2n) is 3.65. The zero-order valence-corrected chi connectivity index (χ0v) is 11.3. The Morgan fingerprint density at radius 3 is 2.47 bits per heavy atom. The highest BCUT2D eigenvalue weighted by Crippen LogP contribution is 2.25. The Morgan fingerprint density at radius 1 is 1.47 bits per heavy atom. The summed E-state index contributed by atoms with van der Waals surface area (Å²) in [5.74, 6) is -1.30. The van der Waals surface area contributed by atoms with E-state index in [1.807, 2.05) is 0 Å². The number of carboxylic acids is 1. The molecule has 108 valence electrons. The van der Waals surface area contributed by atoms with Gasteiger partial charge in [-0.25, -0.2) is 13.2 Å². The first-order valence-electron chi connectivity index (χ1n) is 4.89. The van der Waals surface area contributed by atoms with Gasteiger partial charge in [-0.1, -0.05) is 0 Å². The van der Waals surface area contributed by atoms with Gasteiger partial charge in [0.2, 0.25) is 0 Å². The number of hydrogen-bond acceptors (Lipinski definition) is 4. The molecule has 0 bridgehead atoms. The molecule has 0 atom stereocenters. The summed E-state index contributed by atoms with van der Waals surface area (Å²) in [7, 11) is -3.07. The van der Waals surface area contributed by atoms with Crippen LogP contribution in [0.25, 0.3) is 0 Å². The molecule has 1 aromatic heterocycles. The van der Waals surface area contributed by atoms with Gasteiger partial charge in [-0.15, -0.1) is 11.3 Å². The van der Waals surface area contributed by atoms with Crippen molar-refractivity contribution in [3.05, 3.63) is 17.0 Å². The highest BCUT2D eigenvalue weighted by atomic mass is 32.2. The van der Waals surface area contributed by atoms with Crippen LogP contribution in [0, 0.1) is 0 Å². The quantitative estimate of drug-likeness (QED) is 0.901. The normalized spacial score (nSPS) is 12.9. The minimum Gasteiger partial charge on any atom is -0.478 e. The first-order chi connectivity index (χ1) is 8.54. The molecule has 0 saturated heterocycles. The van der Waals surface area contributed by atoms with E-state index in [1.165, 1.54) is 0 Å². The van der Waals surface area contributed by atoms with E-state index in [0.29, 0.717) is 15.6 Å². The van der Waals surface area contributed by atoms with Crippen LogP contribution >= 0.6 is 11.3 Å². The van der Waals surface area contributed by atoms with Gasteiger partial charge in [0.15, 0.2) is 0 Å².